The first-order chi connectivity index (χ1) is 10.8. The van der Waals surface area contributed by atoms with Gasteiger partial charge in [-0.1, -0.05) is 18.2 Å². The predicted octanol–water partition coefficient (Wildman–Crippen LogP) is 2.68. The van der Waals surface area contributed by atoms with Crippen LogP contribution in [0.15, 0.2) is 48.7 Å². The molecule has 2 aliphatic rings. The van der Waals surface area contributed by atoms with Gasteiger partial charge in [0.25, 0.3) is 0 Å². The maximum atomic E-state index is 13.3. The van der Waals surface area contributed by atoms with Crippen molar-refractivity contribution in [1.29, 1.82) is 0 Å². The first-order valence-corrected chi connectivity index (χ1v) is 7.90. The third-order valence-electron chi connectivity index (χ3n) is 4.83. The maximum absolute atomic E-state index is 13.3. The second-order valence-corrected chi connectivity index (χ2v) is 6.35. The summed E-state index contributed by atoms with van der Waals surface area (Å²) < 4.78 is 13.3. The smallest absolute Gasteiger partial charge is 0.123 e. The van der Waals surface area contributed by atoms with Crippen LogP contribution in [0.25, 0.3) is 0 Å². The van der Waals surface area contributed by atoms with E-state index in [1.54, 1.807) is 12.1 Å². The van der Waals surface area contributed by atoms with E-state index in [0.717, 1.165) is 37.4 Å². The molecule has 0 spiro atoms. The third kappa shape index (κ3) is 2.76. The number of aromatic nitrogens is 1. The summed E-state index contributed by atoms with van der Waals surface area (Å²) in [5, 5.41) is 0. The normalized spacial score (nSPS) is 25.0. The van der Waals surface area contributed by atoms with Crippen LogP contribution < -0.4 is 0 Å². The quantitative estimate of drug-likeness (QED) is 0.865. The molecule has 2 aliphatic heterocycles. The van der Waals surface area contributed by atoms with Gasteiger partial charge >= 0.3 is 0 Å². The minimum absolute atomic E-state index is 0.140. The molecule has 1 aromatic carbocycles. The zero-order valence-corrected chi connectivity index (χ0v) is 12.5. The summed E-state index contributed by atoms with van der Waals surface area (Å²) in [6.07, 6.45) is 3.09. The van der Waals surface area contributed by atoms with E-state index < -0.39 is 0 Å². The van der Waals surface area contributed by atoms with Gasteiger partial charge in [-0.05, 0) is 36.2 Å². The standard InChI is InChI=1S/C18H20FN3/c19-15-5-3-4-14(8-15)10-21-12-18-9-17(21)13-22(18)11-16-6-1-2-7-20-16/h1-8,17-18H,9-13H2. The van der Waals surface area contributed by atoms with E-state index in [-0.39, 0.29) is 5.82 Å². The SMILES string of the molecule is Fc1cccc(CN2CC3CC2CN3Cc2ccccn2)c1. The van der Waals surface area contributed by atoms with Crippen molar-refractivity contribution in [3.63, 3.8) is 0 Å². The maximum Gasteiger partial charge on any atom is 0.123 e. The number of halogens is 1. The van der Waals surface area contributed by atoms with Gasteiger partial charge < -0.3 is 0 Å². The van der Waals surface area contributed by atoms with E-state index in [1.165, 1.54) is 12.5 Å². The lowest BCUT2D eigenvalue weighted by atomic mass is 10.2. The average Bonchev–Trinajstić information content (AvgIpc) is 3.08. The lowest BCUT2D eigenvalue weighted by Gasteiger charge is -2.34. The number of hydrogen-bond acceptors (Lipinski definition) is 3. The Bertz CT molecular complexity index is 646. The fourth-order valence-electron chi connectivity index (χ4n) is 3.79. The van der Waals surface area contributed by atoms with Crippen LogP contribution in [-0.4, -0.2) is 40.0 Å². The van der Waals surface area contributed by atoms with Crippen molar-refractivity contribution in [2.75, 3.05) is 13.1 Å². The zero-order chi connectivity index (χ0) is 14.9. The number of nitrogens with zero attached hydrogens (tertiary/aromatic N) is 3. The van der Waals surface area contributed by atoms with Gasteiger partial charge in [-0.15, -0.1) is 0 Å². The number of hydrogen-bond donors (Lipinski definition) is 0. The number of benzene rings is 1. The zero-order valence-electron chi connectivity index (χ0n) is 12.5. The Kier molecular flexibility index (Phi) is 3.64. The molecule has 2 aromatic rings. The van der Waals surface area contributed by atoms with Crippen LogP contribution in [0.2, 0.25) is 0 Å². The summed E-state index contributed by atoms with van der Waals surface area (Å²) in [6.45, 7) is 3.97. The first kappa shape index (κ1) is 13.9. The highest BCUT2D eigenvalue weighted by Gasteiger charge is 2.42. The van der Waals surface area contributed by atoms with Gasteiger partial charge in [0.05, 0.1) is 5.69 Å². The highest BCUT2D eigenvalue weighted by molar-refractivity contribution is 5.17. The number of piperazine rings is 1. The van der Waals surface area contributed by atoms with Gasteiger partial charge in [0.1, 0.15) is 5.82 Å². The summed E-state index contributed by atoms with van der Waals surface area (Å²) in [5.41, 5.74) is 2.22. The van der Waals surface area contributed by atoms with Gasteiger partial charge in [0.2, 0.25) is 0 Å². The van der Waals surface area contributed by atoms with Crippen LogP contribution in [0.5, 0.6) is 0 Å². The lowest BCUT2D eigenvalue weighted by Crippen LogP contribution is -2.45. The predicted molar refractivity (Wildman–Crippen MR) is 83.7 cm³/mol. The highest BCUT2D eigenvalue weighted by atomic mass is 19.1. The highest BCUT2D eigenvalue weighted by Crippen LogP contribution is 2.32. The van der Waals surface area contributed by atoms with E-state index in [9.17, 15) is 4.39 Å². The van der Waals surface area contributed by atoms with Crippen molar-refractivity contribution in [1.82, 2.24) is 14.8 Å². The third-order valence-corrected chi connectivity index (χ3v) is 4.83. The topological polar surface area (TPSA) is 19.4 Å². The molecule has 0 amide bonds. The minimum atomic E-state index is -0.140. The van der Waals surface area contributed by atoms with E-state index in [1.807, 2.05) is 24.4 Å². The van der Waals surface area contributed by atoms with Crippen molar-refractivity contribution < 1.29 is 4.39 Å². The Morgan fingerprint density at radius 3 is 2.50 bits per heavy atom. The van der Waals surface area contributed by atoms with Crippen molar-refractivity contribution >= 4 is 0 Å². The molecule has 1 aromatic heterocycles. The number of pyridine rings is 1. The molecule has 114 valence electrons. The molecule has 4 heteroatoms. The molecule has 0 radical (unpaired) electrons. The van der Waals surface area contributed by atoms with E-state index in [2.05, 4.69) is 20.9 Å². The Morgan fingerprint density at radius 2 is 1.82 bits per heavy atom. The van der Waals surface area contributed by atoms with Crippen LogP contribution in [0.4, 0.5) is 4.39 Å². The van der Waals surface area contributed by atoms with Gasteiger partial charge in [0.15, 0.2) is 0 Å². The second kappa shape index (κ2) is 5.78. The summed E-state index contributed by atoms with van der Waals surface area (Å²) in [7, 11) is 0. The number of likely N-dealkylation sites (tertiary alicyclic amines) is 2. The summed E-state index contributed by atoms with van der Waals surface area (Å²) in [6, 6.07) is 14.3. The largest absolute Gasteiger partial charge is 0.293 e. The molecule has 0 N–H and O–H groups in total. The van der Waals surface area contributed by atoms with Crippen molar-refractivity contribution in [3.8, 4) is 0 Å². The molecule has 3 heterocycles. The number of fused-ring (bicyclic) bond motifs is 2. The fraction of sp³-hybridized carbons (Fsp3) is 0.389. The summed E-state index contributed by atoms with van der Waals surface area (Å²) >= 11 is 0. The van der Waals surface area contributed by atoms with E-state index in [0.29, 0.717) is 12.1 Å². The molecule has 2 unspecified atom stereocenters. The molecule has 3 nitrogen and oxygen atoms in total. The van der Waals surface area contributed by atoms with Crippen LogP contribution >= 0.6 is 0 Å². The molecule has 0 saturated carbocycles. The molecule has 2 bridgehead atoms. The summed E-state index contributed by atoms with van der Waals surface area (Å²) in [4.78, 5) is 9.46. The second-order valence-electron chi connectivity index (χ2n) is 6.35. The molecule has 2 saturated heterocycles. The average molecular weight is 297 g/mol. The number of rotatable bonds is 4. The fourth-order valence-corrected chi connectivity index (χ4v) is 3.79. The van der Waals surface area contributed by atoms with Crippen LogP contribution in [0.3, 0.4) is 0 Å². The Labute approximate surface area is 130 Å². The van der Waals surface area contributed by atoms with Gasteiger partial charge in [-0.3, -0.25) is 14.8 Å². The van der Waals surface area contributed by atoms with Gasteiger partial charge in [-0.25, -0.2) is 4.39 Å². The molecule has 2 atom stereocenters. The van der Waals surface area contributed by atoms with Crippen molar-refractivity contribution in [2.24, 2.45) is 0 Å². The first-order valence-electron chi connectivity index (χ1n) is 7.90. The van der Waals surface area contributed by atoms with E-state index >= 15 is 0 Å². The van der Waals surface area contributed by atoms with Crippen LogP contribution in [0, 0.1) is 5.82 Å². The van der Waals surface area contributed by atoms with Crippen molar-refractivity contribution in [2.45, 2.75) is 31.6 Å². The van der Waals surface area contributed by atoms with E-state index in [4.69, 9.17) is 0 Å². The van der Waals surface area contributed by atoms with Gasteiger partial charge in [0, 0.05) is 44.5 Å². The van der Waals surface area contributed by atoms with Crippen molar-refractivity contribution in [3.05, 3.63) is 65.7 Å². The van der Waals surface area contributed by atoms with Crippen LogP contribution in [0.1, 0.15) is 17.7 Å². The molecule has 2 fully saturated rings. The summed E-state index contributed by atoms with van der Waals surface area (Å²) in [5.74, 6) is -0.140. The Hall–Kier alpha value is -1.78. The Balaban J connectivity index is 1.38. The lowest BCUT2D eigenvalue weighted by molar-refractivity contribution is 0.117. The van der Waals surface area contributed by atoms with Gasteiger partial charge in [-0.2, -0.15) is 0 Å². The molecular formula is C18H20FN3. The monoisotopic (exact) mass is 297 g/mol. The molecule has 22 heavy (non-hydrogen) atoms. The minimum Gasteiger partial charge on any atom is -0.293 e. The Morgan fingerprint density at radius 1 is 1.00 bits per heavy atom. The van der Waals surface area contributed by atoms with Crippen LogP contribution in [-0.2, 0) is 13.1 Å². The molecule has 4 rings (SSSR count). The molecule has 0 aliphatic carbocycles. The molecular weight excluding hydrogens is 277 g/mol.